The van der Waals surface area contributed by atoms with Gasteiger partial charge in [-0.05, 0) is 97.1 Å². The van der Waals surface area contributed by atoms with Crippen molar-refractivity contribution in [2.45, 2.75) is 6.18 Å². The predicted molar refractivity (Wildman–Crippen MR) is 444 cm³/mol. The van der Waals surface area contributed by atoms with Crippen molar-refractivity contribution in [3.05, 3.63) is 363 Å². The van der Waals surface area contributed by atoms with Gasteiger partial charge in [0.25, 0.3) is 0 Å². The van der Waals surface area contributed by atoms with Crippen LogP contribution in [0.5, 0.6) is 0 Å². The first-order valence-corrected chi connectivity index (χ1v) is 37.3. The zero-order valence-corrected chi connectivity index (χ0v) is 61.1. The lowest BCUT2D eigenvalue weighted by atomic mass is 9.96. The molecule has 20 rings (SSSR count). The quantitative estimate of drug-likeness (QED) is 0.0894. The summed E-state index contributed by atoms with van der Waals surface area (Å²) < 4.78 is 92.5. The largest absolute Gasteiger partial charge is 0.420 e. The molecule has 19 heteroatoms. The van der Waals surface area contributed by atoms with E-state index in [1.807, 2.05) is 267 Å². The van der Waals surface area contributed by atoms with Gasteiger partial charge in [-0.2, -0.15) is 13.2 Å². The number of hydrogen-bond donors (Lipinski definition) is 0. The minimum atomic E-state index is -5.33. The van der Waals surface area contributed by atoms with Crippen molar-refractivity contribution in [1.29, 1.82) is 0 Å². The van der Waals surface area contributed by atoms with Crippen molar-refractivity contribution in [1.82, 2.24) is 68.9 Å². The Hall–Kier alpha value is -15.6. The third-order valence-electron chi connectivity index (χ3n) is 20.5. The van der Waals surface area contributed by atoms with E-state index < -0.39 is 40.2 Å². The Balaban J connectivity index is 0.875. The summed E-state index contributed by atoms with van der Waals surface area (Å²) in [6.07, 6.45) is -5.33. The molecule has 14 nitrogen and oxygen atoms in total. The normalized spacial score (nSPS) is 11.7. The zero-order chi connectivity index (χ0) is 78.0. The summed E-state index contributed by atoms with van der Waals surface area (Å²) in [5.41, 5.74) is 5.49. The first kappa shape index (κ1) is 69.6. The molecule has 0 N–H and O–H groups in total. The van der Waals surface area contributed by atoms with Crippen molar-refractivity contribution in [3.8, 4) is 159 Å². The molecular weight excluding hydrogens is 1460 g/mol. The van der Waals surface area contributed by atoms with Crippen LogP contribution < -0.4 is 0 Å². The molecule has 550 valence electrons. The molecule has 0 amide bonds. The molecule has 0 atom stereocenters. The van der Waals surface area contributed by atoms with Crippen molar-refractivity contribution in [2.75, 3.05) is 0 Å². The number of halogens is 5. The highest BCUT2D eigenvalue weighted by Gasteiger charge is 2.41. The van der Waals surface area contributed by atoms with E-state index in [1.165, 1.54) is 22.8 Å². The van der Waals surface area contributed by atoms with E-state index in [0.29, 0.717) is 124 Å². The maximum absolute atomic E-state index is 18.3. The Morgan fingerprint density at radius 2 is 0.422 bits per heavy atom. The second kappa shape index (κ2) is 28.9. The average molecular weight is 1510 g/mol. The molecule has 0 spiro atoms. The van der Waals surface area contributed by atoms with E-state index in [9.17, 15) is 0 Å². The number of alkyl halides is 3. The smallest absolute Gasteiger partial charge is 0.309 e. The second-order valence-corrected chi connectivity index (χ2v) is 27.7. The van der Waals surface area contributed by atoms with Crippen LogP contribution in [0.4, 0.5) is 22.0 Å². The molecule has 0 aliphatic carbocycles. The van der Waals surface area contributed by atoms with Crippen LogP contribution in [0.25, 0.3) is 203 Å². The first-order valence-electron chi connectivity index (χ1n) is 37.3. The minimum Gasteiger partial charge on any atom is -0.309 e. The molecular formula is C97H57F5N14. The van der Waals surface area contributed by atoms with Gasteiger partial charge in [0.15, 0.2) is 69.9 Å². The number of rotatable bonds is 15. The van der Waals surface area contributed by atoms with Gasteiger partial charge in [0.05, 0.1) is 39.0 Å². The number of hydrogen-bond acceptors (Lipinski definition) is 12. The van der Waals surface area contributed by atoms with Crippen LogP contribution in [0.1, 0.15) is 5.56 Å². The summed E-state index contributed by atoms with van der Waals surface area (Å²) in [6.45, 7) is 0. The van der Waals surface area contributed by atoms with Crippen LogP contribution in [0.15, 0.2) is 346 Å². The molecule has 0 unspecified atom stereocenters. The van der Waals surface area contributed by atoms with Crippen LogP contribution >= 0.6 is 0 Å². The Bertz CT molecular complexity index is 6570. The van der Waals surface area contributed by atoms with Gasteiger partial charge in [-0.25, -0.2) is 68.6 Å². The Morgan fingerprint density at radius 1 is 0.207 bits per heavy atom. The molecule has 0 saturated carbocycles. The number of nitrogens with zero attached hydrogens (tertiary/aromatic N) is 14. The van der Waals surface area contributed by atoms with E-state index in [0.717, 1.165) is 34.4 Å². The number of benzene rings is 14. The summed E-state index contributed by atoms with van der Waals surface area (Å²) in [5.74, 6) is 1.95. The minimum absolute atomic E-state index is 0.216. The third kappa shape index (κ3) is 12.9. The topological polar surface area (TPSA) is 165 Å². The number of aromatic nitrogens is 14. The molecule has 14 aromatic carbocycles. The highest BCUT2D eigenvalue weighted by molar-refractivity contribution is 6.14. The lowest BCUT2D eigenvalue weighted by Crippen LogP contribution is -2.17. The third-order valence-corrected chi connectivity index (χ3v) is 20.5. The molecule has 0 fully saturated rings. The van der Waals surface area contributed by atoms with Crippen molar-refractivity contribution < 1.29 is 22.0 Å². The highest BCUT2D eigenvalue weighted by Crippen LogP contribution is 2.50. The van der Waals surface area contributed by atoms with Crippen molar-refractivity contribution in [2.24, 2.45) is 0 Å². The lowest BCUT2D eigenvalue weighted by molar-refractivity contribution is -0.137. The van der Waals surface area contributed by atoms with Gasteiger partial charge in [0, 0.05) is 93.9 Å². The van der Waals surface area contributed by atoms with Gasteiger partial charge in [0.2, 0.25) is 0 Å². The van der Waals surface area contributed by atoms with Crippen LogP contribution in [0.3, 0.4) is 0 Å². The molecule has 0 aliphatic rings. The average Bonchev–Trinajstić information content (AvgIpc) is 1.52. The fraction of sp³-hybridized carbons (Fsp3) is 0.0103. The second-order valence-electron chi connectivity index (χ2n) is 27.7. The monoisotopic (exact) mass is 1510 g/mol. The fourth-order valence-corrected chi connectivity index (χ4v) is 15.1. The summed E-state index contributed by atoms with van der Waals surface area (Å²) >= 11 is 0. The molecule has 20 aromatic rings. The van der Waals surface area contributed by atoms with Gasteiger partial charge in [-0.1, -0.05) is 249 Å². The van der Waals surface area contributed by atoms with Crippen LogP contribution in [0.2, 0.25) is 0 Å². The Morgan fingerprint density at radius 3 is 0.647 bits per heavy atom. The van der Waals surface area contributed by atoms with Gasteiger partial charge >= 0.3 is 6.18 Å². The first-order chi connectivity index (χ1) is 56.9. The lowest BCUT2D eigenvalue weighted by Gasteiger charge is -2.24. The van der Waals surface area contributed by atoms with Crippen LogP contribution in [-0.4, -0.2) is 68.9 Å². The van der Waals surface area contributed by atoms with E-state index >= 15 is 22.0 Å². The Kier molecular flexibility index (Phi) is 17.3. The maximum Gasteiger partial charge on any atom is 0.420 e. The van der Waals surface area contributed by atoms with Crippen molar-refractivity contribution >= 4 is 43.6 Å². The molecule has 116 heavy (non-hydrogen) atoms. The summed E-state index contributed by atoms with van der Waals surface area (Å²) in [7, 11) is 0. The van der Waals surface area contributed by atoms with Crippen LogP contribution in [-0.2, 0) is 6.18 Å². The maximum atomic E-state index is 18.3. The summed E-state index contributed by atoms with van der Waals surface area (Å²) in [4.78, 5) is 60.7. The molecule has 6 aromatic heterocycles. The summed E-state index contributed by atoms with van der Waals surface area (Å²) in [6, 6.07) is 103. The summed E-state index contributed by atoms with van der Waals surface area (Å²) in [5, 5.41) is 1.78. The zero-order valence-electron chi connectivity index (χ0n) is 61.1. The van der Waals surface area contributed by atoms with Crippen molar-refractivity contribution in [3.63, 3.8) is 0 Å². The SMILES string of the molecule is Fc1cccc(F)c1-c1ccc(-n2c3ccc(-c4nc(-c5ccccc5)nc(-c5ccccc5)n4)cc3c3cc(-c4nc(-c5ccccc5)nc(-c5ccccc5)n4)ccc32)c(C(F)(F)F)c1-n1c2ccc(-c3nc(-c4ccccc4)nc(-c4ccccc4)n3)cc2c2cc(-c3nc(-c4ccccc4)nc(-c4ccccc4)n3)ccc21. The number of fused-ring (bicyclic) bond motifs is 6. The molecule has 0 aliphatic heterocycles. The van der Waals surface area contributed by atoms with Crippen LogP contribution in [0, 0.1) is 11.6 Å². The van der Waals surface area contributed by atoms with Gasteiger partial charge in [0.1, 0.15) is 17.2 Å². The molecule has 6 heterocycles. The van der Waals surface area contributed by atoms with E-state index in [-0.39, 0.29) is 40.0 Å². The fourth-order valence-electron chi connectivity index (χ4n) is 15.1. The molecule has 0 saturated heterocycles. The standard InChI is InChI=1S/C97H57F5N14/c98-75-42-25-43-76(99)82(75)70-48-53-81(115-77-49-44-66(93-107-85(58-26-9-1-10-27-58)103-86(108-93)59-28-11-2-12-29-59)54-71(77)72-55-67(45-50-78(72)115)94-109-87(60-30-13-3-14-31-60)104-88(110-94)61-32-15-4-16-33-61)83(97(100,101)102)84(70)116-79-51-46-68(95-111-89(62-34-17-5-18-35-62)105-90(112-95)63-36-19-6-20-37-63)56-73(79)74-57-69(47-52-80(74)116)96-113-91(64-38-21-7-22-39-64)106-92(114-96)65-40-23-8-24-41-65/h1-57H. The van der Waals surface area contributed by atoms with E-state index in [4.69, 9.17) is 59.8 Å². The molecule has 0 radical (unpaired) electrons. The van der Waals surface area contributed by atoms with Gasteiger partial charge in [-0.3, -0.25) is 0 Å². The predicted octanol–water partition coefficient (Wildman–Crippen LogP) is 23.6. The van der Waals surface area contributed by atoms with E-state index in [1.54, 1.807) is 53.1 Å². The highest BCUT2D eigenvalue weighted by atomic mass is 19.4. The van der Waals surface area contributed by atoms with Gasteiger partial charge < -0.3 is 9.13 Å². The van der Waals surface area contributed by atoms with E-state index in [2.05, 4.69) is 0 Å². The Labute approximate surface area is 659 Å². The molecule has 0 bridgehead atoms. The van der Waals surface area contributed by atoms with Gasteiger partial charge in [-0.15, -0.1) is 0 Å².